The van der Waals surface area contributed by atoms with Gasteiger partial charge in [0.25, 0.3) is 5.56 Å². The largest absolute Gasteiger partial charge is 0.495 e. The number of hydrogen-bond acceptors (Lipinski definition) is 5. The van der Waals surface area contributed by atoms with Crippen molar-refractivity contribution in [3.05, 3.63) is 50.9 Å². The number of hydrogen-bond donors (Lipinski definition) is 1. The van der Waals surface area contributed by atoms with E-state index < -0.39 is 23.7 Å². The lowest BCUT2D eigenvalue weighted by atomic mass is 10.2. The quantitative estimate of drug-likeness (QED) is 0.728. The van der Waals surface area contributed by atoms with Crippen molar-refractivity contribution in [3.63, 3.8) is 0 Å². The maximum absolute atomic E-state index is 12.6. The molecule has 0 atom stereocenters. The summed E-state index contributed by atoms with van der Waals surface area (Å²) in [5.74, 6) is -0.0131. The Hall–Kier alpha value is -3.36. The molecule has 26 heavy (non-hydrogen) atoms. The van der Waals surface area contributed by atoms with E-state index in [1.807, 2.05) is 13.0 Å². The van der Waals surface area contributed by atoms with Gasteiger partial charge < -0.3 is 14.6 Å². The second kappa shape index (κ2) is 6.51. The third kappa shape index (κ3) is 2.87. The van der Waals surface area contributed by atoms with Crippen molar-refractivity contribution >= 4 is 22.8 Å². The second-order valence-corrected chi connectivity index (χ2v) is 6.01. The lowest BCUT2D eigenvalue weighted by molar-refractivity contribution is -0.116. The van der Waals surface area contributed by atoms with Gasteiger partial charge in [-0.25, -0.2) is 14.3 Å². The number of nitrogens with one attached hydrogen (secondary N) is 1. The second-order valence-electron chi connectivity index (χ2n) is 6.01. The van der Waals surface area contributed by atoms with Crippen LogP contribution in [0.2, 0.25) is 0 Å². The van der Waals surface area contributed by atoms with Crippen molar-refractivity contribution in [2.45, 2.75) is 13.5 Å². The summed E-state index contributed by atoms with van der Waals surface area (Å²) in [4.78, 5) is 41.6. The van der Waals surface area contributed by atoms with Crippen LogP contribution in [0.1, 0.15) is 5.56 Å². The van der Waals surface area contributed by atoms with Crippen LogP contribution >= 0.6 is 0 Å². The molecule has 0 aliphatic rings. The zero-order chi connectivity index (χ0) is 19.0. The van der Waals surface area contributed by atoms with Crippen LogP contribution in [0.5, 0.6) is 5.75 Å². The number of carbonyl (C=O) groups is 1. The van der Waals surface area contributed by atoms with Crippen molar-refractivity contribution < 1.29 is 9.53 Å². The smallest absolute Gasteiger partial charge is 0.332 e. The molecule has 0 aliphatic carbocycles. The summed E-state index contributed by atoms with van der Waals surface area (Å²) in [6.45, 7) is 1.47. The lowest BCUT2D eigenvalue weighted by Crippen LogP contribution is -2.42. The highest BCUT2D eigenvalue weighted by Crippen LogP contribution is 2.25. The molecule has 0 aliphatic heterocycles. The number of fused-ring (bicyclic) bond motifs is 1. The first kappa shape index (κ1) is 17.5. The van der Waals surface area contributed by atoms with E-state index in [-0.39, 0.29) is 11.2 Å². The number of ether oxygens (including phenoxy) is 1. The van der Waals surface area contributed by atoms with Crippen LogP contribution in [-0.4, -0.2) is 31.7 Å². The zero-order valence-electron chi connectivity index (χ0n) is 14.9. The molecule has 3 aromatic rings. The van der Waals surface area contributed by atoms with Crippen molar-refractivity contribution in [1.82, 2.24) is 18.7 Å². The van der Waals surface area contributed by atoms with Crippen LogP contribution in [0.3, 0.4) is 0 Å². The van der Waals surface area contributed by atoms with Crippen molar-refractivity contribution in [3.8, 4) is 5.75 Å². The molecule has 1 amide bonds. The molecule has 0 spiro atoms. The summed E-state index contributed by atoms with van der Waals surface area (Å²) in [6, 6.07) is 5.34. The molecule has 0 fully saturated rings. The van der Waals surface area contributed by atoms with Gasteiger partial charge in [-0.3, -0.25) is 14.2 Å². The van der Waals surface area contributed by atoms with Gasteiger partial charge in [0.1, 0.15) is 12.3 Å². The van der Waals surface area contributed by atoms with Crippen LogP contribution in [-0.2, 0) is 25.4 Å². The molecule has 2 aromatic heterocycles. The number of aromatic nitrogens is 4. The Kier molecular flexibility index (Phi) is 4.37. The highest BCUT2D eigenvalue weighted by atomic mass is 16.5. The number of nitrogens with zero attached hydrogens (tertiary/aromatic N) is 4. The number of aryl methyl sites for hydroxylation is 3. The van der Waals surface area contributed by atoms with Gasteiger partial charge in [-0.15, -0.1) is 0 Å². The van der Waals surface area contributed by atoms with Gasteiger partial charge in [-0.2, -0.15) is 0 Å². The standard InChI is InChI=1S/C17H19N5O4/c1-10-5-6-12(26-4)11(7-10)19-13(23)8-22-16(24)14-15(18-9-20(14)2)21(3)17(22)25/h5-7,9H,8H2,1-4H3,(H,19,23). The zero-order valence-corrected chi connectivity index (χ0v) is 14.9. The van der Waals surface area contributed by atoms with Crippen LogP contribution in [0, 0.1) is 6.92 Å². The molecule has 136 valence electrons. The fourth-order valence-electron chi connectivity index (χ4n) is 2.79. The minimum Gasteiger partial charge on any atom is -0.495 e. The van der Waals surface area contributed by atoms with E-state index >= 15 is 0 Å². The summed E-state index contributed by atoms with van der Waals surface area (Å²) in [7, 11) is 4.66. The molecular weight excluding hydrogens is 338 g/mol. The molecule has 9 nitrogen and oxygen atoms in total. The third-order valence-electron chi connectivity index (χ3n) is 4.13. The van der Waals surface area contributed by atoms with Crippen molar-refractivity contribution in [2.75, 3.05) is 12.4 Å². The Balaban J connectivity index is 1.98. The lowest BCUT2D eigenvalue weighted by Gasteiger charge is -2.12. The maximum atomic E-state index is 12.6. The maximum Gasteiger partial charge on any atom is 0.332 e. The van der Waals surface area contributed by atoms with Gasteiger partial charge in [0.15, 0.2) is 11.2 Å². The third-order valence-corrected chi connectivity index (χ3v) is 4.13. The molecule has 0 unspecified atom stereocenters. The van der Waals surface area contributed by atoms with Gasteiger partial charge in [0.2, 0.25) is 5.91 Å². The van der Waals surface area contributed by atoms with E-state index in [0.29, 0.717) is 11.4 Å². The van der Waals surface area contributed by atoms with E-state index in [9.17, 15) is 14.4 Å². The van der Waals surface area contributed by atoms with Crippen molar-refractivity contribution in [2.24, 2.45) is 14.1 Å². The van der Waals surface area contributed by atoms with Crippen molar-refractivity contribution in [1.29, 1.82) is 0 Å². The van der Waals surface area contributed by atoms with Gasteiger partial charge in [0, 0.05) is 14.1 Å². The van der Waals surface area contributed by atoms with Crippen LogP contribution in [0.25, 0.3) is 11.2 Å². The minimum atomic E-state index is -0.604. The first-order chi connectivity index (χ1) is 12.3. The molecule has 1 aromatic carbocycles. The Morgan fingerprint density at radius 3 is 2.69 bits per heavy atom. The SMILES string of the molecule is COc1ccc(C)cc1NC(=O)Cn1c(=O)c2c(ncn2C)n(C)c1=O. The normalized spacial score (nSPS) is 10.9. The fraction of sp³-hybridized carbons (Fsp3) is 0.294. The number of carbonyl (C=O) groups excluding carboxylic acids is 1. The Morgan fingerprint density at radius 1 is 1.27 bits per heavy atom. The van der Waals surface area contributed by atoms with Crippen LogP contribution in [0.15, 0.2) is 34.1 Å². The van der Waals surface area contributed by atoms with E-state index in [4.69, 9.17) is 4.74 Å². The van der Waals surface area contributed by atoms with Gasteiger partial charge >= 0.3 is 5.69 Å². The average Bonchev–Trinajstić information content (AvgIpc) is 2.99. The summed E-state index contributed by atoms with van der Waals surface area (Å²) in [6.07, 6.45) is 1.45. The Morgan fingerprint density at radius 2 is 2.00 bits per heavy atom. The topological polar surface area (TPSA) is 100 Å². The van der Waals surface area contributed by atoms with E-state index in [1.165, 1.54) is 29.6 Å². The number of imidazole rings is 1. The summed E-state index contributed by atoms with van der Waals surface area (Å²) in [5, 5.41) is 2.69. The fourth-order valence-corrected chi connectivity index (χ4v) is 2.79. The van der Waals surface area contributed by atoms with E-state index in [0.717, 1.165) is 10.1 Å². The number of methoxy groups -OCH3 is 1. The van der Waals surface area contributed by atoms with E-state index in [1.54, 1.807) is 19.2 Å². The first-order valence-corrected chi connectivity index (χ1v) is 7.89. The molecule has 2 heterocycles. The first-order valence-electron chi connectivity index (χ1n) is 7.89. The molecule has 0 saturated heterocycles. The summed E-state index contributed by atoms with van der Waals surface area (Å²) < 4.78 is 8.88. The van der Waals surface area contributed by atoms with Gasteiger partial charge in [-0.05, 0) is 24.6 Å². The monoisotopic (exact) mass is 357 g/mol. The molecule has 0 saturated carbocycles. The van der Waals surface area contributed by atoms with Gasteiger partial charge in [0.05, 0.1) is 19.1 Å². The Labute approximate surface area is 148 Å². The molecule has 1 N–H and O–H groups in total. The molecule has 3 rings (SSSR count). The van der Waals surface area contributed by atoms with Gasteiger partial charge in [-0.1, -0.05) is 6.07 Å². The molecule has 0 radical (unpaired) electrons. The van der Waals surface area contributed by atoms with Crippen LogP contribution < -0.4 is 21.3 Å². The van der Waals surface area contributed by atoms with E-state index in [2.05, 4.69) is 10.3 Å². The highest BCUT2D eigenvalue weighted by molar-refractivity contribution is 5.92. The number of benzene rings is 1. The molecule has 0 bridgehead atoms. The predicted molar refractivity (Wildman–Crippen MR) is 96.6 cm³/mol. The minimum absolute atomic E-state index is 0.257. The summed E-state index contributed by atoms with van der Waals surface area (Å²) in [5.41, 5.74) is 0.782. The Bertz CT molecular complexity index is 1120. The number of anilines is 1. The molecule has 9 heteroatoms. The predicted octanol–water partition coefficient (Wildman–Crippen LogP) is 0.389. The average molecular weight is 357 g/mol. The highest BCUT2D eigenvalue weighted by Gasteiger charge is 2.17. The number of amides is 1. The van der Waals surface area contributed by atoms with Crippen LogP contribution in [0.4, 0.5) is 5.69 Å². The number of rotatable bonds is 4. The summed E-state index contributed by atoms with van der Waals surface area (Å²) >= 11 is 0. The molecular formula is C17H19N5O4.